The number of hydrogen-bond donors (Lipinski definition) is 1. The highest BCUT2D eigenvalue weighted by Crippen LogP contribution is 2.50. The van der Waals surface area contributed by atoms with Gasteiger partial charge in [0.2, 0.25) is 0 Å². The molecule has 0 aliphatic carbocycles. The Morgan fingerprint density at radius 1 is 1.22 bits per heavy atom. The highest BCUT2D eigenvalue weighted by Gasteiger charge is 2.40. The molecule has 1 aromatic rings. The predicted octanol–water partition coefficient (Wildman–Crippen LogP) is 2.84. The zero-order valence-electron chi connectivity index (χ0n) is 10.7. The van der Waals surface area contributed by atoms with E-state index in [9.17, 15) is 0 Å². The molecular weight excluding hydrogens is 240 g/mol. The monoisotopic (exact) mass is 260 g/mol. The van der Waals surface area contributed by atoms with Crippen molar-refractivity contribution in [3.8, 4) is 0 Å². The number of nitrogens with one attached hydrogen (secondary N) is 1. The number of para-hydroxylation sites is 1. The Morgan fingerprint density at radius 2 is 2.17 bits per heavy atom. The maximum atomic E-state index is 3.57. The largest absolute Gasteiger partial charge is 0.367 e. The molecule has 0 aromatic heterocycles. The summed E-state index contributed by atoms with van der Waals surface area (Å²) in [6.45, 7) is 3.64. The first-order valence-electron chi connectivity index (χ1n) is 7.18. The van der Waals surface area contributed by atoms with E-state index in [4.69, 9.17) is 0 Å². The van der Waals surface area contributed by atoms with E-state index in [2.05, 4.69) is 40.2 Å². The van der Waals surface area contributed by atoms with E-state index in [0.717, 1.165) is 12.0 Å². The van der Waals surface area contributed by atoms with Crippen molar-refractivity contribution in [3.63, 3.8) is 0 Å². The minimum atomic E-state index is 0.759. The Labute approximate surface area is 113 Å². The van der Waals surface area contributed by atoms with Crippen LogP contribution in [0.25, 0.3) is 0 Å². The molecule has 0 spiro atoms. The van der Waals surface area contributed by atoms with Crippen molar-refractivity contribution in [3.05, 3.63) is 23.8 Å². The van der Waals surface area contributed by atoms with E-state index in [1.807, 2.05) is 0 Å². The van der Waals surface area contributed by atoms with Crippen LogP contribution in [-0.2, 0) is 0 Å². The van der Waals surface area contributed by atoms with E-state index >= 15 is 0 Å². The summed E-state index contributed by atoms with van der Waals surface area (Å²) in [6.07, 6.45) is 3.95. The summed E-state index contributed by atoms with van der Waals surface area (Å²) >= 11 is 2.06. The van der Waals surface area contributed by atoms with Gasteiger partial charge < -0.3 is 10.2 Å². The molecule has 2 unspecified atom stereocenters. The third kappa shape index (κ3) is 1.60. The summed E-state index contributed by atoms with van der Waals surface area (Å²) in [7, 11) is 0. The van der Waals surface area contributed by atoms with Gasteiger partial charge in [-0.2, -0.15) is 0 Å². The van der Waals surface area contributed by atoms with Crippen LogP contribution in [0.2, 0.25) is 0 Å². The summed E-state index contributed by atoms with van der Waals surface area (Å²) in [5, 5.41) is 3.57. The van der Waals surface area contributed by atoms with Gasteiger partial charge >= 0.3 is 0 Å². The van der Waals surface area contributed by atoms with Crippen LogP contribution in [-0.4, -0.2) is 31.4 Å². The quantitative estimate of drug-likeness (QED) is 0.772. The summed E-state index contributed by atoms with van der Waals surface area (Å²) < 4.78 is 0. The molecule has 1 N–H and O–H groups in total. The zero-order valence-corrected chi connectivity index (χ0v) is 11.5. The molecule has 3 heteroatoms. The Kier molecular flexibility index (Phi) is 2.77. The summed E-state index contributed by atoms with van der Waals surface area (Å²) in [5.74, 6) is 2.05. The van der Waals surface area contributed by atoms with Gasteiger partial charge in [-0.15, -0.1) is 11.8 Å². The van der Waals surface area contributed by atoms with Crippen molar-refractivity contribution < 1.29 is 0 Å². The number of benzene rings is 1. The van der Waals surface area contributed by atoms with Crippen LogP contribution in [0.5, 0.6) is 0 Å². The van der Waals surface area contributed by atoms with Crippen molar-refractivity contribution in [2.45, 2.75) is 36.1 Å². The molecule has 3 aliphatic rings. The van der Waals surface area contributed by atoms with Crippen LogP contribution < -0.4 is 10.2 Å². The van der Waals surface area contributed by atoms with Gasteiger partial charge in [-0.3, -0.25) is 0 Å². The molecule has 1 fully saturated rings. The van der Waals surface area contributed by atoms with E-state index < -0.39 is 0 Å². The Hall–Kier alpha value is -0.670. The summed E-state index contributed by atoms with van der Waals surface area (Å²) in [5.41, 5.74) is 3.23. The minimum Gasteiger partial charge on any atom is -0.367 e. The van der Waals surface area contributed by atoms with Gasteiger partial charge in [0.05, 0.1) is 5.69 Å². The van der Waals surface area contributed by atoms with Gasteiger partial charge in [0, 0.05) is 23.4 Å². The fraction of sp³-hybridized carbons (Fsp3) is 0.600. The minimum absolute atomic E-state index is 0.759. The number of nitrogens with zero attached hydrogens (tertiary/aromatic N) is 1. The van der Waals surface area contributed by atoms with Crippen LogP contribution in [0.4, 0.5) is 5.69 Å². The van der Waals surface area contributed by atoms with Gasteiger partial charge in [0.25, 0.3) is 0 Å². The fourth-order valence-corrected chi connectivity index (χ4v) is 4.92. The summed E-state index contributed by atoms with van der Waals surface area (Å²) in [6, 6.07) is 7.74. The average Bonchev–Trinajstić information content (AvgIpc) is 2.61. The Morgan fingerprint density at radius 3 is 3.17 bits per heavy atom. The molecule has 1 saturated heterocycles. The zero-order chi connectivity index (χ0) is 11.9. The van der Waals surface area contributed by atoms with Gasteiger partial charge in [-0.05, 0) is 49.7 Å². The predicted molar refractivity (Wildman–Crippen MR) is 77.8 cm³/mol. The number of fused-ring (bicyclic) bond motifs is 3. The van der Waals surface area contributed by atoms with Crippen LogP contribution >= 0.6 is 11.8 Å². The number of anilines is 1. The molecule has 3 aliphatic heterocycles. The topological polar surface area (TPSA) is 15.3 Å². The van der Waals surface area contributed by atoms with E-state index in [1.165, 1.54) is 49.5 Å². The molecule has 1 aromatic carbocycles. The van der Waals surface area contributed by atoms with Gasteiger partial charge in [0.1, 0.15) is 0 Å². The SMILES string of the molecule is c1cc2c3c(c1)C1CCNCCC1N3CCCS2. The van der Waals surface area contributed by atoms with Crippen LogP contribution in [0.3, 0.4) is 0 Å². The molecule has 2 nitrogen and oxygen atoms in total. The van der Waals surface area contributed by atoms with Gasteiger partial charge in [-0.25, -0.2) is 0 Å². The molecule has 96 valence electrons. The second kappa shape index (κ2) is 4.46. The second-order valence-electron chi connectivity index (χ2n) is 5.59. The standard InChI is InChI=1S/C15H20N2S/c1-3-12-11-5-7-16-8-6-13(11)17-9-2-10-18-14(4-1)15(12)17/h1,3-4,11,13,16H,2,5-10H2. The lowest BCUT2D eigenvalue weighted by Gasteiger charge is -2.28. The molecule has 0 amide bonds. The Balaban J connectivity index is 1.84. The lowest BCUT2D eigenvalue weighted by Crippen LogP contribution is -2.35. The van der Waals surface area contributed by atoms with Crippen LogP contribution in [0.15, 0.2) is 23.1 Å². The average molecular weight is 260 g/mol. The van der Waals surface area contributed by atoms with E-state index in [0.29, 0.717) is 0 Å². The molecule has 0 saturated carbocycles. The van der Waals surface area contributed by atoms with Crippen molar-refractivity contribution in [2.75, 3.05) is 30.3 Å². The van der Waals surface area contributed by atoms with Gasteiger partial charge in [-0.1, -0.05) is 12.1 Å². The normalized spacial score (nSPS) is 30.3. The highest BCUT2D eigenvalue weighted by atomic mass is 32.2. The molecule has 4 rings (SSSR count). The van der Waals surface area contributed by atoms with Crippen LogP contribution in [0, 0.1) is 0 Å². The number of hydrogen-bond acceptors (Lipinski definition) is 3. The maximum absolute atomic E-state index is 3.57. The van der Waals surface area contributed by atoms with Crippen molar-refractivity contribution in [2.24, 2.45) is 0 Å². The van der Waals surface area contributed by atoms with Crippen molar-refractivity contribution in [1.82, 2.24) is 5.32 Å². The molecule has 0 bridgehead atoms. The van der Waals surface area contributed by atoms with Gasteiger partial charge in [0.15, 0.2) is 0 Å². The third-order valence-corrected chi connectivity index (χ3v) is 5.76. The number of rotatable bonds is 0. The number of thioether (sulfide) groups is 1. The fourth-order valence-electron chi connectivity index (χ4n) is 3.88. The smallest absolute Gasteiger partial charge is 0.0543 e. The highest BCUT2D eigenvalue weighted by molar-refractivity contribution is 7.99. The third-order valence-electron chi connectivity index (χ3n) is 4.63. The molecule has 3 heterocycles. The maximum Gasteiger partial charge on any atom is 0.0543 e. The molecule has 18 heavy (non-hydrogen) atoms. The van der Waals surface area contributed by atoms with E-state index in [-0.39, 0.29) is 0 Å². The molecular formula is C15H20N2S. The lowest BCUT2D eigenvalue weighted by molar-refractivity contribution is 0.509. The lowest BCUT2D eigenvalue weighted by atomic mass is 9.91. The molecule has 2 atom stereocenters. The van der Waals surface area contributed by atoms with Crippen LogP contribution in [0.1, 0.15) is 30.7 Å². The van der Waals surface area contributed by atoms with Crippen molar-refractivity contribution >= 4 is 17.4 Å². The van der Waals surface area contributed by atoms with Crippen molar-refractivity contribution in [1.29, 1.82) is 0 Å². The second-order valence-corrected chi connectivity index (χ2v) is 6.73. The first kappa shape index (κ1) is 11.2. The first-order chi connectivity index (χ1) is 8.95. The molecule has 0 radical (unpaired) electrons. The van der Waals surface area contributed by atoms with E-state index in [1.54, 1.807) is 11.3 Å². The summed E-state index contributed by atoms with van der Waals surface area (Å²) in [4.78, 5) is 4.27. The Bertz CT molecular complexity index is 460. The first-order valence-corrected chi connectivity index (χ1v) is 8.17.